The van der Waals surface area contributed by atoms with Gasteiger partial charge in [0, 0.05) is 25.9 Å². The van der Waals surface area contributed by atoms with E-state index in [1.165, 1.54) is 31.4 Å². The molecule has 2 atom stereocenters. The van der Waals surface area contributed by atoms with E-state index in [4.69, 9.17) is 4.74 Å². The van der Waals surface area contributed by atoms with E-state index in [0.29, 0.717) is 12.1 Å². The van der Waals surface area contributed by atoms with Gasteiger partial charge in [0.05, 0.1) is 11.8 Å². The van der Waals surface area contributed by atoms with E-state index in [-0.39, 0.29) is 0 Å². The number of hydrogen-bond donors (Lipinski definition) is 1. The number of nitrogens with zero attached hydrogens (tertiary/aromatic N) is 2. The molecule has 1 saturated heterocycles. The smallest absolute Gasteiger partial charge is 0.0576 e. The van der Waals surface area contributed by atoms with E-state index in [2.05, 4.69) is 23.4 Å². The molecule has 4 nitrogen and oxygen atoms in total. The molecule has 0 bridgehead atoms. The average molecular weight is 251 g/mol. The first-order valence-electron chi connectivity index (χ1n) is 7.14. The Bertz CT molecular complexity index is 345. The van der Waals surface area contributed by atoms with Crippen molar-refractivity contribution in [2.45, 2.75) is 51.2 Å². The highest BCUT2D eigenvalue weighted by Gasteiger charge is 2.17. The zero-order chi connectivity index (χ0) is 12.8. The molecule has 1 aromatic rings. The third-order valence-corrected chi connectivity index (χ3v) is 3.71. The van der Waals surface area contributed by atoms with Crippen LogP contribution in [0.1, 0.15) is 50.8 Å². The van der Waals surface area contributed by atoms with Crippen LogP contribution in [0.3, 0.4) is 0 Å². The molecule has 2 rings (SSSR count). The van der Waals surface area contributed by atoms with Gasteiger partial charge < -0.3 is 10.1 Å². The lowest BCUT2D eigenvalue weighted by molar-refractivity contribution is 0.101. The van der Waals surface area contributed by atoms with Gasteiger partial charge in [-0.3, -0.25) is 4.68 Å². The van der Waals surface area contributed by atoms with Crippen molar-refractivity contribution in [1.82, 2.24) is 15.1 Å². The summed E-state index contributed by atoms with van der Waals surface area (Å²) in [6.07, 6.45) is 8.44. The quantitative estimate of drug-likeness (QED) is 0.809. The molecule has 0 radical (unpaired) electrons. The minimum atomic E-state index is 0.420. The van der Waals surface area contributed by atoms with Crippen molar-refractivity contribution in [2.24, 2.45) is 7.05 Å². The van der Waals surface area contributed by atoms with Gasteiger partial charge in [-0.25, -0.2) is 0 Å². The van der Waals surface area contributed by atoms with Crippen molar-refractivity contribution < 1.29 is 4.74 Å². The second-order valence-corrected chi connectivity index (χ2v) is 5.06. The summed E-state index contributed by atoms with van der Waals surface area (Å²) in [7, 11) is 2.01. The Morgan fingerprint density at radius 1 is 1.61 bits per heavy atom. The van der Waals surface area contributed by atoms with Crippen LogP contribution in [0.5, 0.6) is 0 Å². The lowest BCUT2D eigenvalue weighted by atomic mass is 10.0. The maximum atomic E-state index is 5.67. The Morgan fingerprint density at radius 3 is 3.11 bits per heavy atom. The van der Waals surface area contributed by atoms with Crippen LogP contribution in [-0.4, -0.2) is 29.0 Å². The van der Waals surface area contributed by atoms with E-state index in [1.54, 1.807) is 0 Å². The molecular weight excluding hydrogens is 226 g/mol. The van der Waals surface area contributed by atoms with Crippen LogP contribution >= 0.6 is 0 Å². The first kappa shape index (κ1) is 13.6. The van der Waals surface area contributed by atoms with Gasteiger partial charge in [-0.05, 0) is 44.7 Å². The first-order chi connectivity index (χ1) is 8.81. The highest BCUT2D eigenvalue weighted by molar-refractivity contribution is 5.06. The summed E-state index contributed by atoms with van der Waals surface area (Å²) >= 11 is 0. The van der Waals surface area contributed by atoms with Crippen LogP contribution < -0.4 is 5.32 Å². The second-order valence-electron chi connectivity index (χ2n) is 5.06. The molecule has 0 amide bonds. The van der Waals surface area contributed by atoms with Gasteiger partial charge in [0.2, 0.25) is 0 Å². The molecule has 1 aliphatic rings. The zero-order valence-electron chi connectivity index (χ0n) is 11.6. The molecule has 0 aliphatic carbocycles. The molecule has 2 heterocycles. The summed E-state index contributed by atoms with van der Waals surface area (Å²) in [5.74, 6) is 0. The standard InChI is InChI=1S/C14H25N3O/c1-3-15-13(14-9-10-16-17(14)2)8-4-6-12-7-5-11-18-12/h9-10,12-13,15H,3-8,11H2,1-2H3. The van der Waals surface area contributed by atoms with Crippen LogP contribution in [0.2, 0.25) is 0 Å². The Morgan fingerprint density at radius 2 is 2.50 bits per heavy atom. The van der Waals surface area contributed by atoms with Gasteiger partial charge in [0.15, 0.2) is 0 Å². The van der Waals surface area contributed by atoms with Gasteiger partial charge in [0.1, 0.15) is 0 Å². The fraction of sp³-hybridized carbons (Fsp3) is 0.786. The molecule has 102 valence electrons. The van der Waals surface area contributed by atoms with E-state index < -0.39 is 0 Å². The summed E-state index contributed by atoms with van der Waals surface area (Å²) in [4.78, 5) is 0. The van der Waals surface area contributed by atoms with Crippen LogP contribution in [0, 0.1) is 0 Å². The van der Waals surface area contributed by atoms with Crippen molar-refractivity contribution in [1.29, 1.82) is 0 Å². The third kappa shape index (κ3) is 3.56. The first-order valence-corrected chi connectivity index (χ1v) is 7.14. The number of rotatable bonds is 7. The molecule has 0 aromatic carbocycles. The lowest BCUT2D eigenvalue weighted by Crippen LogP contribution is -2.23. The number of hydrogen-bond acceptors (Lipinski definition) is 3. The van der Waals surface area contributed by atoms with Crippen LogP contribution in [0.4, 0.5) is 0 Å². The Labute approximate surface area is 110 Å². The second kappa shape index (κ2) is 6.90. The number of aromatic nitrogens is 2. The van der Waals surface area contributed by atoms with Crippen LogP contribution in [0.25, 0.3) is 0 Å². The molecule has 1 N–H and O–H groups in total. The van der Waals surface area contributed by atoms with E-state index in [0.717, 1.165) is 19.6 Å². The monoisotopic (exact) mass is 251 g/mol. The minimum Gasteiger partial charge on any atom is -0.378 e. The normalized spacial score (nSPS) is 21.3. The average Bonchev–Trinajstić information content (AvgIpc) is 2.99. The molecule has 2 unspecified atom stereocenters. The minimum absolute atomic E-state index is 0.420. The third-order valence-electron chi connectivity index (χ3n) is 3.71. The Kier molecular flexibility index (Phi) is 5.20. The molecule has 4 heteroatoms. The predicted octanol–water partition coefficient (Wildman–Crippen LogP) is 2.42. The summed E-state index contributed by atoms with van der Waals surface area (Å²) in [5, 5.41) is 7.81. The van der Waals surface area contributed by atoms with Gasteiger partial charge in [-0.15, -0.1) is 0 Å². The number of ether oxygens (including phenoxy) is 1. The fourth-order valence-electron chi connectivity index (χ4n) is 2.75. The highest BCUT2D eigenvalue weighted by Crippen LogP contribution is 2.22. The SMILES string of the molecule is CCNC(CCCC1CCCO1)c1ccnn1C. The summed E-state index contributed by atoms with van der Waals surface area (Å²) < 4.78 is 7.64. The lowest BCUT2D eigenvalue weighted by Gasteiger charge is -2.19. The number of nitrogens with one attached hydrogen (secondary N) is 1. The van der Waals surface area contributed by atoms with Gasteiger partial charge in [-0.2, -0.15) is 5.10 Å². The van der Waals surface area contributed by atoms with E-state index in [9.17, 15) is 0 Å². The largest absolute Gasteiger partial charge is 0.378 e. The van der Waals surface area contributed by atoms with Crippen LogP contribution in [-0.2, 0) is 11.8 Å². The molecule has 1 aromatic heterocycles. The molecule has 1 fully saturated rings. The van der Waals surface area contributed by atoms with Crippen molar-refractivity contribution in [2.75, 3.05) is 13.2 Å². The summed E-state index contributed by atoms with van der Waals surface area (Å²) in [6.45, 7) is 4.11. The molecule has 18 heavy (non-hydrogen) atoms. The van der Waals surface area contributed by atoms with Crippen LogP contribution in [0.15, 0.2) is 12.3 Å². The van der Waals surface area contributed by atoms with Gasteiger partial charge >= 0.3 is 0 Å². The maximum Gasteiger partial charge on any atom is 0.0576 e. The van der Waals surface area contributed by atoms with Gasteiger partial charge in [0.25, 0.3) is 0 Å². The van der Waals surface area contributed by atoms with E-state index >= 15 is 0 Å². The van der Waals surface area contributed by atoms with Gasteiger partial charge in [-0.1, -0.05) is 6.92 Å². The zero-order valence-corrected chi connectivity index (χ0v) is 11.6. The van der Waals surface area contributed by atoms with E-state index in [1.807, 2.05) is 17.9 Å². The fourth-order valence-corrected chi connectivity index (χ4v) is 2.75. The molecule has 1 aliphatic heterocycles. The molecular formula is C14H25N3O. The summed E-state index contributed by atoms with van der Waals surface area (Å²) in [5.41, 5.74) is 1.28. The Hall–Kier alpha value is -0.870. The maximum absolute atomic E-state index is 5.67. The number of aryl methyl sites for hydroxylation is 1. The molecule has 0 spiro atoms. The van der Waals surface area contributed by atoms with Crippen molar-refractivity contribution >= 4 is 0 Å². The molecule has 0 saturated carbocycles. The topological polar surface area (TPSA) is 39.1 Å². The van der Waals surface area contributed by atoms with Crippen molar-refractivity contribution in [3.05, 3.63) is 18.0 Å². The van der Waals surface area contributed by atoms with Crippen molar-refractivity contribution in [3.63, 3.8) is 0 Å². The Balaban J connectivity index is 1.80. The highest BCUT2D eigenvalue weighted by atomic mass is 16.5. The predicted molar refractivity (Wildman–Crippen MR) is 72.5 cm³/mol. The summed E-state index contributed by atoms with van der Waals surface area (Å²) in [6, 6.07) is 2.53. The van der Waals surface area contributed by atoms with Crippen molar-refractivity contribution in [3.8, 4) is 0 Å².